The number of nitrogens with one attached hydrogen (secondary N) is 3. The number of pyridine rings is 1. The van der Waals surface area contributed by atoms with Crippen LogP contribution in [0.25, 0.3) is 0 Å². The first-order valence-corrected chi connectivity index (χ1v) is 8.15. The number of methoxy groups -OCH3 is 1. The molecule has 0 unspecified atom stereocenters. The van der Waals surface area contributed by atoms with Crippen molar-refractivity contribution in [2.24, 2.45) is 0 Å². The lowest BCUT2D eigenvalue weighted by molar-refractivity contribution is -0.362. The number of anilines is 1. The summed E-state index contributed by atoms with van der Waals surface area (Å²) in [5, 5.41) is 3.79. The van der Waals surface area contributed by atoms with Gasteiger partial charge in [0, 0.05) is 6.07 Å². The number of carbonyl (C=O) groups is 2. The Balaban J connectivity index is 2.27. The molecule has 150 valence electrons. The van der Waals surface area contributed by atoms with Crippen molar-refractivity contribution in [1.29, 1.82) is 0 Å². The van der Waals surface area contributed by atoms with Gasteiger partial charge in [0.05, 0.1) is 12.1 Å². The van der Waals surface area contributed by atoms with Crippen LogP contribution in [0, 0.1) is 0 Å². The normalized spacial score (nSPS) is 13.2. The number of aromatic amines is 1. The lowest BCUT2D eigenvalue weighted by Crippen LogP contribution is -2.70. The number of amides is 1. The van der Waals surface area contributed by atoms with Gasteiger partial charge in [-0.3, -0.25) is 10.1 Å². The van der Waals surface area contributed by atoms with Crippen LogP contribution in [-0.2, 0) is 14.3 Å². The molecule has 3 N–H and O–H groups in total. The summed E-state index contributed by atoms with van der Waals surface area (Å²) in [7, 11) is 0.767. The summed E-state index contributed by atoms with van der Waals surface area (Å²) < 4.78 is 50.9. The zero-order chi connectivity index (χ0) is 20.8. The summed E-state index contributed by atoms with van der Waals surface area (Å²) in [5.74, 6) is -2.94. The number of hydrogen-bond acceptors (Lipinski definition) is 5. The monoisotopic (exact) mass is 418 g/mol. The molecule has 0 aliphatic rings. The van der Waals surface area contributed by atoms with E-state index in [0.717, 1.165) is 7.11 Å². The molecule has 11 heteroatoms. The second-order valence-corrected chi connectivity index (χ2v) is 5.87. The summed E-state index contributed by atoms with van der Waals surface area (Å²) in [6.07, 6.45) is -4.06. The summed E-state index contributed by atoms with van der Waals surface area (Å²) in [4.78, 5) is 26.6. The van der Waals surface area contributed by atoms with Crippen molar-refractivity contribution in [2.45, 2.75) is 11.8 Å². The van der Waals surface area contributed by atoms with Gasteiger partial charge in [-0.05, 0) is 18.2 Å². The predicted octanol–water partition coefficient (Wildman–Crippen LogP) is 2.19. The van der Waals surface area contributed by atoms with Gasteiger partial charge in [0.1, 0.15) is 11.9 Å². The molecule has 1 aromatic carbocycles. The Morgan fingerprint density at radius 1 is 1.14 bits per heavy atom. The summed E-state index contributed by atoms with van der Waals surface area (Å²) >= 11 is 5.69. The quantitative estimate of drug-likeness (QED) is 0.531. The molecule has 1 heterocycles. The average Bonchev–Trinajstić information content (AvgIpc) is 2.66. The van der Waals surface area contributed by atoms with Gasteiger partial charge in [-0.15, -0.1) is 0 Å². The van der Waals surface area contributed by atoms with Gasteiger partial charge in [-0.25, -0.2) is 15.1 Å². The van der Waals surface area contributed by atoms with Gasteiger partial charge >= 0.3 is 17.8 Å². The fourth-order valence-corrected chi connectivity index (χ4v) is 2.26. The van der Waals surface area contributed by atoms with Gasteiger partial charge in [-0.1, -0.05) is 29.8 Å². The minimum atomic E-state index is -5.25. The van der Waals surface area contributed by atoms with Gasteiger partial charge in [0.25, 0.3) is 11.7 Å². The molecule has 0 saturated heterocycles. The van der Waals surface area contributed by atoms with Crippen molar-refractivity contribution in [3.8, 4) is 5.75 Å². The van der Waals surface area contributed by atoms with E-state index in [1.165, 1.54) is 30.5 Å². The zero-order valence-corrected chi connectivity index (χ0v) is 15.2. The Kier molecular flexibility index (Phi) is 6.68. The first-order valence-electron chi connectivity index (χ1n) is 7.77. The number of hydrogen-bond donors (Lipinski definition) is 2. The van der Waals surface area contributed by atoms with Crippen molar-refractivity contribution in [3.63, 3.8) is 0 Å². The molecule has 0 radical (unpaired) electrons. The molecule has 0 saturated carbocycles. The van der Waals surface area contributed by atoms with Crippen molar-refractivity contribution in [2.75, 3.05) is 19.0 Å². The minimum Gasteiger partial charge on any atom is -0.484 e. The zero-order valence-electron chi connectivity index (χ0n) is 14.5. The fourth-order valence-electron chi connectivity index (χ4n) is 2.14. The van der Waals surface area contributed by atoms with E-state index in [-0.39, 0.29) is 16.6 Å². The second-order valence-electron chi connectivity index (χ2n) is 5.43. The van der Waals surface area contributed by atoms with E-state index < -0.39 is 30.3 Å². The molecule has 0 spiro atoms. The van der Waals surface area contributed by atoms with Crippen LogP contribution in [0.1, 0.15) is 0 Å². The third kappa shape index (κ3) is 5.03. The standard InChI is InChI=1S/C17H15ClF3N3O4/c1-27-15(26)16(17(19,20)21,23-13-8-7-11(18)9-22-13)24-14(25)10-28-12-5-3-2-4-6-12/h2-9H,10H2,1H3,(H,22,23)(H,24,25)/p+1/t16-/m0/s1. The molecule has 0 aliphatic carbocycles. The number of rotatable bonds is 7. The molecule has 2 rings (SSSR count). The number of ether oxygens (including phenoxy) is 2. The molecule has 28 heavy (non-hydrogen) atoms. The van der Waals surface area contributed by atoms with Gasteiger partial charge < -0.3 is 9.47 Å². The van der Waals surface area contributed by atoms with E-state index >= 15 is 0 Å². The maximum Gasteiger partial charge on any atom is 0.464 e. The predicted molar refractivity (Wildman–Crippen MR) is 92.5 cm³/mol. The number of carbonyl (C=O) groups excluding carboxylic acids is 2. The first kappa shape index (κ1) is 21.3. The van der Waals surface area contributed by atoms with E-state index in [2.05, 4.69) is 9.72 Å². The third-order valence-electron chi connectivity index (χ3n) is 3.45. The van der Waals surface area contributed by atoms with Crippen molar-refractivity contribution in [3.05, 3.63) is 53.7 Å². The Labute approximate surface area is 162 Å². The van der Waals surface area contributed by atoms with Crippen molar-refractivity contribution >= 4 is 29.3 Å². The van der Waals surface area contributed by atoms with Crippen LogP contribution in [0.15, 0.2) is 48.7 Å². The highest BCUT2D eigenvalue weighted by Gasteiger charge is 2.67. The minimum absolute atomic E-state index is 0.224. The maximum atomic E-state index is 13.8. The molecule has 1 aromatic heterocycles. The number of para-hydroxylation sites is 1. The van der Waals surface area contributed by atoms with E-state index in [1.807, 2.05) is 5.32 Å². The lowest BCUT2D eigenvalue weighted by atomic mass is 10.1. The number of alkyl halides is 3. The van der Waals surface area contributed by atoms with Crippen LogP contribution in [0.4, 0.5) is 19.0 Å². The van der Waals surface area contributed by atoms with Crippen LogP contribution in [0.5, 0.6) is 5.75 Å². The van der Waals surface area contributed by atoms with E-state index in [4.69, 9.17) is 16.3 Å². The molecule has 2 aromatic rings. The van der Waals surface area contributed by atoms with Gasteiger partial charge in [-0.2, -0.15) is 13.2 Å². The van der Waals surface area contributed by atoms with Crippen LogP contribution in [0.2, 0.25) is 5.02 Å². The van der Waals surface area contributed by atoms with Crippen molar-refractivity contribution < 1.29 is 37.2 Å². The topological polar surface area (TPSA) is 90.8 Å². The van der Waals surface area contributed by atoms with Crippen LogP contribution in [-0.4, -0.2) is 37.4 Å². The van der Waals surface area contributed by atoms with Crippen LogP contribution >= 0.6 is 11.6 Å². The van der Waals surface area contributed by atoms with E-state index in [9.17, 15) is 22.8 Å². The number of H-pyrrole nitrogens is 1. The molecule has 1 amide bonds. The fraction of sp³-hybridized carbons (Fsp3) is 0.235. The second kappa shape index (κ2) is 8.79. The highest BCUT2D eigenvalue weighted by molar-refractivity contribution is 6.30. The molecular weight excluding hydrogens is 403 g/mol. The number of halogens is 4. The Hall–Kier alpha value is -3.01. The molecular formula is C17H16ClF3N3O4+. The van der Waals surface area contributed by atoms with E-state index in [0.29, 0.717) is 0 Å². The largest absolute Gasteiger partial charge is 0.484 e. The lowest BCUT2D eigenvalue weighted by Gasteiger charge is -2.30. The smallest absolute Gasteiger partial charge is 0.464 e. The molecule has 1 atom stereocenters. The summed E-state index contributed by atoms with van der Waals surface area (Å²) in [6.45, 7) is -0.759. The molecule has 0 fully saturated rings. The van der Waals surface area contributed by atoms with E-state index in [1.54, 1.807) is 23.5 Å². The van der Waals surface area contributed by atoms with Gasteiger partial charge in [0.15, 0.2) is 6.61 Å². The molecule has 0 bridgehead atoms. The molecule has 7 nitrogen and oxygen atoms in total. The Morgan fingerprint density at radius 2 is 1.82 bits per heavy atom. The van der Waals surface area contributed by atoms with Gasteiger partial charge in [0.2, 0.25) is 0 Å². The Morgan fingerprint density at radius 3 is 2.36 bits per heavy atom. The number of esters is 1. The summed E-state index contributed by atoms with van der Waals surface area (Å²) in [5.41, 5.74) is -3.55. The number of benzene rings is 1. The Bertz CT molecular complexity index is 819. The number of aromatic nitrogens is 1. The van der Waals surface area contributed by atoms with Crippen molar-refractivity contribution in [1.82, 2.24) is 5.32 Å². The maximum absolute atomic E-state index is 13.8. The van der Waals surface area contributed by atoms with Crippen LogP contribution in [0.3, 0.4) is 0 Å². The summed E-state index contributed by atoms with van der Waals surface area (Å²) in [6, 6.07) is 10.4. The SMILES string of the molecule is COC(=O)[C@@](NC(=O)COc1ccccc1)(Nc1ccc(Cl)c[nH+]1)C(F)(F)F. The van der Waals surface area contributed by atoms with Crippen LogP contribution < -0.4 is 20.4 Å². The first-order chi connectivity index (χ1) is 13.2. The highest BCUT2D eigenvalue weighted by atomic mass is 35.5. The molecule has 0 aliphatic heterocycles. The third-order valence-corrected chi connectivity index (χ3v) is 3.69. The average molecular weight is 419 g/mol. The highest BCUT2D eigenvalue weighted by Crippen LogP contribution is 2.32.